The number of piperidine rings is 1. The summed E-state index contributed by atoms with van der Waals surface area (Å²) in [5.74, 6) is -0.185. The van der Waals surface area contributed by atoms with Crippen molar-refractivity contribution < 1.29 is 9.59 Å². The van der Waals surface area contributed by atoms with Gasteiger partial charge in [0.1, 0.15) is 6.33 Å². The lowest BCUT2D eigenvalue weighted by atomic mass is 9.96. The quantitative estimate of drug-likeness (QED) is 0.898. The van der Waals surface area contributed by atoms with Crippen LogP contribution in [0, 0.1) is 5.92 Å². The first-order valence-electron chi connectivity index (χ1n) is 7.34. The molecule has 23 heavy (non-hydrogen) atoms. The van der Waals surface area contributed by atoms with Gasteiger partial charge >= 0.3 is 0 Å². The number of H-pyrrole nitrogens is 1. The number of nitrogens with zero attached hydrogens (tertiary/aromatic N) is 3. The third-order valence-corrected chi connectivity index (χ3v) is 4.08. The Kier molecular flexibility index (Phi) is 4.57. The van der Waals surface area contributed by atoms with E-state index >= 15 is 0 Å². The molecule has 120 valence electrons. The smallest absolute Gasteiger partial charge is 0.253 e. The summed E-state index contributed by atoms with van der Waals surface area (Å²) in [4.78, 5) is 30.4. The van der Waals surface area contributed by atoms with Gasteiger partial charge in [0.2, 0.25) is 11.9 Å². The van der Waals surface area contributed by atoms with Crippen molar-refractivity contribution in [3.63, 3.8) is 0 Å². The van der Waals surface area contributed by atoms with E-state index in [0.717, 1.165) is 12.8 Å². The van der Waals surface area contributed by atoms with Crippen molar-refractivity contribution in [1.82, 2.24) is 20.1 Å². The average Bonchev–Trinajstić information content (AvgIpc) is 3.08. The van der Waals surface area contributed by atoms with Crippen molar-refractivity contribution in [2.45, 2.75) is 12.8 Å². The highest BCUT2D eigenvalue weighted by atomic mass is 35.5. The van der Waals surface area contributed by atoms with Crippen LogP contribution in [0.25, 0.3) is 0 Å². The van der Waals surface area contributed by atoms with Crippen molar-refractivity contribution in [3.05, 3.63) is 41.2 Å². The van der Waals surface area contributed by atoms with E-state index in [2.05, 4.69) is 20.5 Å². The van der Waals surface area contributed by atoms with Crippen LogP contribution in [-0.4, -0.2) is 45.0 Å². The molecule has 1 aromatic carbocycles. The number of benzene rings is 1. The van der Waals surface area contributed by atoms with Crippen LogP contribution < -0.4 is 5.32 Å². The molecule has 0 spiro atoms. The van der Waals surface area contributed by atoms with Crippen LogP contribution in [0.1, 0.15) is 23.2 Å². The van der Waals surface area contributed by atoms with Crippen molar-refractivity contribution >= 4 is 29.4 Å². The van der Waals surface area contributed by atoms with E-state index in [0.29, 0.717) is 29.6 Å². The van der Waals surface area contributed by atoms with Gasteiger partial charge < -0.3 is 4.90 Å². The number of amides is 2. The summed E-state index contributed by atoms with van der Waals surface area (Å²) in [6, 6.07) is 6.77. The molecule has 1 aliphatic heterocycles. The van der Waals surface area contributed by atoms with Gasteiger partial charge in [0, 0.05) is 23.7 Å². The largest absolute Gasteiger partial charge is 0.338 e. The second kappa shape index (κ2) is 6.78. The van der Waals surface area contributed by atoms with Gasteiger partial charge in [-0.15, -0.1) is 0 Å². The zero-order valence-electron chi connectivity index (χ0n) is 12.3. The van der Waals surface area contributed by atoms with E-state index in [1.807, 2.05) is 0 Å². The maximum absolute atomic E-state index is 12.5. The Morgan fingerprint density at radius 3 is 2.78 bits per heavy atom. The summed E-state index contributed by atoms with van der Waals surface area (Å²) in [6.45, 7) is 1.04. The van der Waals surface area contributed by atoms with Gasteiger partial charge in [0.15, 0.2) is 0 Å². The molecule has 0 saturated carbocycles. The van der Waals surface area contributed by atoms with Crippen LogP contribution in [0.5, 0.6) is 0 Å². The molecule has 7 nitrogen and oxygen atoms in total. The Labute approximate surface area is 138 Å². The Hall–Kier alpha value is -2.41. The zero-order valence-corrected chi connectivity index (χ0v) is 13.1. The minimum Gasteiger partial charge on any atom is -0.338 e. The molecule has 0 unspecified atom stereocenters. The minimum atomic E-state index is -0.259. The van der Waals surface area contributed by atoms with E-state index in [-0.39, 0.29) is 17.7 Å². The third kappa shape index (κ3) is 3.68. The minimum absolute atomic E-state index is 0.0844. The van der Waals surface area contributed by atoms with Gasteiger partial charge in [-0.1, -0.05) is 11.6 Å². The van der Waals surface area contributed by atoms with Gasteiger partial charge in [0.25, 0.3) is 5.91 Å². The van der Waals surface area contributed by atoms with Gasteiger partial charge in [-0.05, 0) is 37.1 Å². The van der Waals surface area contributed by atoms with Crippen LogP contribution in [0.4, 0.5) is 5.95 Å². The van der Waals surface area contributed by atoms with Gasteiger partial charge in [0.05, 0.1) is 5.92 Å². The maximum Gasteiger partial charge on any atom is 0.253 e. The molecule has 2 aromatic rings. The van der Waals surface area contributed by atoms with Gasteiger partial charge in [-0.2, -0.15) is 10.1 Å². The number of carbonyl (C=O) groups excluding carboxylic acids is 2. The SMILES string of the molecule is O=C(Nc1ncn[nH]1)[C@H]1CCCN(C(=O)c2ccc(Cl)cc2)C1. The third-order valence-electron chi connectivity index (χ3n) is 3.83. The monoisotopic (exact) mass is 333 g/mol. The fourth-order valence-corrected chi connectivity index (χ4v) is 2.76. The Balaban J connectivity index is 1.64. The van der Waals surface area contributed by atoms with Gasteiger partial charge in [-0.25, -0.2) is 5.10 Å². The van der Waals surface area contributed by atoms with Crippen molar-refractivity contribution in [3.8, 4) is 0 Å². The number of likely N-dealkylation sites (tertiary alicyclic amines) is 1. The second-order valence-electron chi connectivity index (χ2n) is 5.42. The molecule has 8 heteroatoms. The lowest BCUT2D eigenvalue weighted by Crippen LogP contribution is -2.43. The van der Waals surface area contributed by atoms with Crippen molar-refractivity contribution in [2.24, 2.45) is 5.92 Å². The molecule has 1 fully saturated rings. The number of halogens is 1. The first-order chi connectivity index (χ1) is 11.1. The summed E-state index contributed by atoms with van der Waals surface area (Å²) in [5, 5.41) is 9.53. The first kappa shape index (κ1) is 15.5. The number of hydrogen-bond acceptors (Lipinski definition) is 4. The number of carbonyl (C=O) groups is 2. The first-order valence-corrected chi connectivity index (χ1v) is 7.72. The topological polar surface area (TPSA) is 91.0 Å². The zero-order chi connectivity index (χ0) is 16.2. The molecule has 0 aliphatic carbocycles. The Morgan fingerprint density at radius 2 is 2.09 bits per heavy atom. The standard InChI is InChI=1S/C15H16ClN5O2/c16-12-5-3-10(4-6-12)14(23)21-7-1-2-11(8-21)13(22)19-15-17-9-18-20-15/h3-6,9,11H,1-2,7-8H2,(H2,17,18,19,20,22)/t11-/m0/s1. The summed E-state index contributed by atoms with van der Waals surface area (Å²) in [7, 11) is 0. The summed E-state index contributed by atoms with van der Waals surface area (Å²) in [5.41, 5.74) is 0.575. The maximum atomic E-state index is 12.5. The lowest BCUT2D eigenvalue weighted by molar-refractivity contribution is -0.121. The van der Waals surface area contributed by atoms with Crippen LogP contribution in [0.15, 0.2) is 30.6 Å². The predicted molar refractivity (Wildman–Crippen MR) is 85.1 cm³/mol. The molecular weight excluding hydrogens is 318 g/mol. The number of anilines is 1. The molecule has 3 rings (SSSR count). The number of aromatic amines is 1. The highest BCUT2D eigenvalue weighted by Gasteiger charge is 2.29. The highest BCUT2D eigenvalue weighted by Crippen LogP contribution is 2.20. The Morgan fingerprint density at radius 1 is 1.30 bits per heavy atom. The van der Waals surface area contributed by atoms with E-state index in [4.69, 9.17) is 11.6 Å². The van der Waals surface area contributed by atoms with Crippen LogP contribution in [0.3, 0.4) is 0 Å². The van der Waals surface area contributed by atoms with Crippen molar-refractivity contribution in [2.75, 3.05) is 18.4 Å². The van der Waals surface area contributed by atoms with Crippen LogP contribution >= 0.6 is 11.6 Å². The van der Waals surface area contributed by atoms with Crippen LogP contribution in [-0.2, 0) is 4.79 Å². The highest BCUT2D eigenvalue weighted by molar-refractivity contribution is 6.30. The molecular formula is C15H16ClN5O2. The lowest BCUT2D eigenvalue weighted by Gasteiger charge is -2.32. The molecule has 2 amide bonds. The molecule has 1 aliphatic rings. The molecule has 0 bridgehead atoms. The summed E-state index contributed by atoms with van der Waals surface area (Å²) >= 11 is 5.84. The fourth-order valence-electron chi connectivity index (χ4n) is 2.64. The van der Waals surface area contributed by atoms with E-state index in [1.54, 1.807) is 29.2 Å². The summed E-state index contributed by atoms with van der Waals surface area (Å²) < 4.78 is 0. The molecule has 1 saturated heterocycles. The molecule has 0 radical (unpaired) electrons. The fraction of sp³-hybridized carbons (Fsp3) is 0.333. The number of nitrogens with one attached hydrogen (secondary N) is 2. The second-order valence-corrected chi connectivity index (χ2v) is 5.86. The number of hydrogen-bond donors (Lipinski definition) is 2. The number of aromatic nitrogens is 3. The normalized spacial score (nSPS) is 17.8. The molecule has 1 aromatic heterocycles. The Bertz CT molecular complexity index is 686. The summed E-state index contributed by atoms with van der Waals surface area (Å²) in [6.07, 6.45) is 2.85. The van der Waals surface area contributed by atoms with Crippen molar-refractivity contribution in [1.29, 1.82) is 0 Å². The molecule has 1 atom stereocenters. The van der Waals surface area contributed by atoms with Gasteiger partial charge in [-0.3, -0.25) is 14.9 Å². The van der Waals surface area contributed by atoms with E-state index in [1.165, 1.54) is 6.33 Å². The molecule has 2 N–H and O–H groups in total. The average molecular weight is 334 g/mol. The molecule has 2 heterocycles. The van der Waals surface area contributed by atoms with Crippen LogP contribution in [0.2, 0.25) is 5.02 Å². The predicted octanol–water partition coefficient (Wildman–Crippen LogP) is 1.95. The number of rotatable bonds is 3. The van der Waals surface area contributed by atoms with E-state index < -0.39 is 0 Å². The van der Waals surface area contributed by atoms with E-state index in [9.17, 15) is 9.59 Å².